The molecule has 5 nitrogen and oxygen atoms in total. The van der Waals surface area contributed by atoms with Crippen molar-refractivity contribution in [2.24, 2.45) is 7.05 Å². The molecule has 0 saturated carbocycles. The average Bonchev–Trinajstić information content (AvgIpc) is 3.17. The fourth-order valence-corrected chi connectivity index (χ4v) is 4.03. The van der Waals surface area contributed by atoms with Crippen LogP contribution >= 0.6 is 0 Å². The number of furan rings is 1. The minimum Gasteiger partial charge on any atom is -0.464 e. The minimum absolute atomic E-state index is 0.170. The molecule has 1 atom stereocenters. The molecule has 0 radical (unpaired) electrons. The smallest absolute Gasteiger partial charge is 0.227 e. The minimum atomic E-state index is 0.170. The van der Waals surface area contributed by atoms with E-state index in [0.29, 0.717) is 12.3 Å². The highest BCUT2D eigenvalue weighted by atomic mass is 16.3. The summed E-state index contributed by atoms with van der Waals surface area (Å²) < 4.78 is 7.74. The van der Waals surface area contributed by atoms with Crippen molar-refractivity contribution in [1.29, 1.82) is 0 Å². The van der Waals surface area contributed by atoms with E-state index in [1.54, 1.807) is 6.26 Å². The standard InChI is InChI=1S/C21H25N3O2/c1-14-6-7-18-17(13-26-19(18)9-14)10-20(25)24-8-4-5-16(12-24)21-22-15(2)11-23(21)3/h6-7,9,11,13,16H,4-5,8,10,12H2,1-3H3. The summed E-state index contributed by atoms with van der Waals surface area (Å²) in [5, 5.41) is 1.04. The highest BCUT2D eigenvalue weighted by molar-refractivity contribution is 5.88. The van der Waals surface area contributed by atoms with Crippen molar-refractivity contribution in [2.75, 3.05) is 13.1 Å². The number of piperidine rings is 1. The molecule has 1 aliphatic rings. The van der Waals surface area contributed by atoms with Crippen LogP contribution in [0.25, 0.3) is 11.0 Å². The number of fused-ring (bicyclic) bond motifs is 1. The number of nitrogens with zero attached hydrogens (tertiary/aromatic N) is 3. The Bertz CT molecular complexity index is 953. The summed E-state index contributed by atoms with van der Waals surface area (Å²) in [5.41, 5.74) is 4.02. The molecule has 0 aliphatic carbocycles. The quantitative estimate of drug-likeness (QED) is 0.722. The summed E-state index contributed by atoms with van der Waals surface area (Å²) in [6.07, 6.45) is 6.28. The van der Waals surface area contributed by atoms with Crippen LogP contribution in [-0.4, -0.2) is 33.4 Å². The van der Waals surface area contributed by atoms with Crippen molar-refractivity contribution >= 4 is 16.9 Å². The molecule has 3 aromatic rings. The van der Waals surface area contributed by atoms with Gasteiger partial charge in [0.2, 0.25) is 5.91 Å². The van der Waals surface area contributed by atoms with Crippen LogP contribution in [0.5, 0.6) is 0 Å². The molecule has 0 spiro atoms. The van der Waals surface area contributed by atoms with Crippen LogP contribution in [0.2, 0.25) is 0 Å². The molecule has 3 heterocycles. The molecule has 136 valence electrons. The van der Waals surface area contributed by atoms with Crippen LogP contribution in [-0.2, 0) is 18.3 Å². The van der Waals surface area contributed by atoms with Crippen LogP contribution in [0.15, 0.2) is 35.1 Å². The van der Waals surface area contributed by atoms with Gasteiger partial charge in [-0.05, 0) is 38.3 Å². The second-order valence-corrected chi connectivity index (χ2v) is 7.47. The highest BCUT2D eigenvalue weighted by Crippen LogP contribution is 2.28. The van der Waals surface area contributed by atoms with E-state index in [1.165, 1.54) is 0 Å². The molecule has 1 aliphatic heterocycles. The van der Waals surface area contributed by atoms with Crippen molar-refractivity contribution in [3.05, 3.63) is 53.3 Å². The monoisotopic (exact) mass is 351 g/mol. The van der Waals surface area contributed by atoms with Gasteiger partial charge >= 0.3 is 0 Å². The third-order valence-corrected chi connectivity index (χ3v) is 5.32. The number of hydrogen-bond donors (Lipinski definition) is 0. The van der Waals surface area contributed by atoms with Gasteiger partial charge < -0.3 is 13.9 Å². The van der Waals surface area contributed by atoms with E-state index in [9.17, 15) is 4.79 Å². The van der Waals surface area contributed by atoms with E-state index in [0.717, 1.165) is 59.5 Å². The van der Waals surface area contributed by atoms with E-state index in [2.05, 4.69) is 21.8 Å². The number of aryl methyl sites for hydroxylation is 3. The fraction of sp³-hybridized carbons (Fsp3) is 0.429. The Kier molecular flexibility index (Phi) is 4.31. The van der Waals surface area contributed by atoms with Crippen molar-refractivity contribution in [3.8, 4) is 0 Å². The number of hydrogen-bond acceptors (Lipinski definition) is 3. The van der Waals surface area contributed by atoms with Gasteiger partial charge in [-0.15, -0.1) is 0 Å². The van der Waals surface area contributed by atoms with Crippen LogP contribution in [0.3, 0.4) is 0 Å². The molecule has 0 bridgehead atoms. The topological polar surface area (TPSA) is 51.3 Å². The van der Waals surface area contributed by atoms with Crippen LogP contribution in [0.4, 0.5) is 0 Å². The Morgan fingerprint density at radius 1 is 1.35 bits per heavy atom. The van der Waals surface area contributed by atoms with Crippen molar-refractivity contribution in [1.82, 2.24) is 14.5 Å². The molecular formula is C21H25N3O2. The number of rotatable bonds is 3. The maximum Gasteiger partial charge on any atom is 0.227 e. The normalized spacial score (nSPS) is 17.8. The number of likely N-dealkylation sites (tertiary alicyclic amines) is 1. The summed E-state index contributed by atoms with van der Waals surface area (Å²) in [6.45, 7) is 5.63. The Hall–Kier alpha value is -2.56. The second-order valence-electron chi connectivity index (χ2n) is 7.47. The summed E-state index contributed by atoms with van der Waals surface area (Å²) in [6, 6.07) is 6.13. The second kappa shape index (κ2) is 6.63. The van der Waals surface area contributed by atoms with Gasteiger partial charge in [0.15, 0.2) is 0 Å². The van der Waals surface area contributed by atoms with Gasteiger partial charge in [0, 0.05) is 43.2 Å². The third kappa shape index (κ3) is 3.14. The maximum atomic E-state index is 12.9. The molecular weight excluding hydrogens is 326 g/mol. The Labute approximate surface area is 153 Å². The zero-order valence-electron chi connectivity index (χ0n) is 15.7. The highest BCUT2D eigenvalue weighted by Gasteiger charge is 2.27. The number of carbonyl (C=O) groups excluding carboxylic acids is 1. The maximum absolute atomic E-state index is 12.9. The van der Waals surface area contributed by atoms with E-state index >= 15 is 0 Å². The van der Waals surface area contributed by atoms with Gasteiger partial charge in [-0.3, -0.25) is 4.79 Å². The summed E-state index contributed by atoms with van der Waals surface area (Å²) in [7, 11) is 2.04. The molecule has 26 heavy (non-hydrogen) atoms. The number of imidazole rings is 1. The first-order chi connectivity index (χ1) is 12.5. The van der Waals surface area contributed by atoms with Crippen molar-refractivity contribution in [2.45, 2.75) is 39.0 Å². The van der Waals surface area contributed by atoms with E-state index in [1.807, 2.05) is 37.9 Å². The van der Waals surface area contributed by atoms with Crippen LogP contribution in [0, 0.1) is 13.8 Å². The SMILES string of the molecule is Cc1ccc2c(CC(=O)N3CCCC(c4nc(C)cn4C)C3)coc2c1. The first-order valence-electron chi connectivity index (χ1n) is 9.25. The molecule has 1 amide bonds. The zero-order chi connectivity index (χ0) is 18.3. The number of aromatic nitrogens is 2. The van der Waals surface area contributed by atoms with E-state index < -0.39 is 0 Å². The predicted octanol–water partition coefficient (Wildman–Crippen LogP) is 3.73. The van der Waals surface area contributed by atoms with Crippen molar-refractivity contribution < 1.29 is 9.21 Å². The molecule has 1 unspecified atom stereocenters. The van der Waals surface area contributed by atoms with Gasteiger partial charge in [-0.2, -0.15) is 0 Å². The first kappa shape index (κ1) is 16.9. The van der Waals surface area contributed by atoms with Gasteiger partial charge in [0.25, 0.3) is 0 Å². The summed E-state index contributed by atoms with van der Waals surface area (Å²) in [5.74, 6) is 1.57. The van der Waals surface area contributed by atoms with Gasteiger partial charge in [-0.1, -0.05) is 12.1 Å². The summed E-state index contributed by atoms with van der Waals surface area (Å²) in [4.78, 5) is 19.6. The predicted molar refractivity (Wildman–Crippen MR) is 101 cm³/mol. The Balaban J connectivity index is 1.49. The Morgan fingerprint density at radius 3 is 2.96 bits per heavy atom. The van der Waals surface area contributed by atoms with Gasteiger partial charge in [0.1, 0.15) is 11.4 Å². The lowest BCUT2D eigenvalue weighted by molar-refractivity contribution is -0.131. The number of amides is 1. The average molecular weight is 351 g/mol. The Morgan fingerprint density at radius 2 is 2.19 bits per heavy atom. The molecule has 1 saturated heterocycles. The lowest BCUT2D eigenvalue weighted by atomic mass is 9.96. The molecule has 5 heteroatoms. The fourth-order valence-electron chi connectivity index (χ4n) is 4.03. The van der Waals surface area contributed by atoms with Gasteiger partial charge in [0.05, 0.1) is 18.4 Å². The summed E-state index contributed by atoms with van der Waals surface area (Å²) >= 11 is 0. The van der Waals surface area contributed by atoms with E-state index in [-0.39, 0.29) is 5.91 Å². The molecule has 2 aromatic heterocycles. The van der Waals surface area contributed by atoms with Crippen LogP contribution in [0.1, 0.15) is 41.4 Å². The largest absolute Gasteiger partial charge is 0.464 e. The lowest BCUT2D eigenvalue weighted by Gasteiger charge is -2.32. The number of carbonyl (C=O) groups is 1. The zero-order valence-corrected chi connectivity index (χ0v) is 15.7. The third-order valence-electron chi connectivity index (χ3n) is 5.32. The molecule has 1 aromatic carbocycles. The molecule has 4 rings (SSSR count). The number of benzene rings is 1. The van der Waals surface area contributed by atoms with Crippen LogP contribution < -0.4 is 0 Å². The molecule has 1 fully saturated rings. The lowest BCUT2D eigenvalue weighted by Crippen LogP contribution is -2.40. The first-order valence-corrected chi connectivity index (χ1v) is 9.25. The van der Waals surface area contributed by atoms with Crippen molar-refractivity contribution in [3.63, 3.8) is 0 Å². The van der Waals surface area contributed by atoms with E-state index in [4.69, 9.17) is 4.42 Å². The van der Waals surface area contributed by atoms with Gasteiger partial charge in [-0.25, -0.2) is 4.98 Å². The molecule has 0 N–H and O–H groups in total.